The van der Waals surface area contributed by atoms with Crippen LogP contribution in [0.2, 0.25) is 0 Å². The van der Waals surface area contributed by atoms with Gasteiger partial charge in [0.2, 0.25) is 5.91 Å². The highest BCUT2D eigenvalue weighted by Gasteiger charge is 2.27. The van der Waals surface area contributed by atoms with Crippen molar-refractivity contribution in [2.75, 3.05) is 26.8 Å². The molecule has 1 fully saturated rings. The molecule has 0 saturated carbocycles. The van der Waals surface area contributed by atoms with Gasteiger partial charge in [0.05, 0.1) is 6.61 Å². The zero-order valence-electron chi connectivity index (χ0n) is 13.1. The molecule has 0 radical (unpaired) electrons. The highest BCUT2D eigenvalue weighted by Crippen LogP contribution is 2.08. The molecule has 6 heteroatoms. The van der Waals surface area contributed by atoms with Crippen LogP contribution in [0.5, 0.6) is 0 Å². The molecular weight excluding hydrogens is 282 g/mol. The lowest BCUT2D eigenvalue weighted by Crippen LogP contribution is -2.48. The third kappa shape index (κ3) is 4.46. The first-order valence-electron chi connectivity index (χ1n) is 7.48. The summed E-state index contributed by atoms with van der Waals surface area (Å²) in [6.07, 6.45) is 0.632. The Labute approximate surface area is 130 Å². The van der Waals surface area contributed by atoms with Crippen LogP contribution in [0, 0.1) is 6.92 Å². The smallest absolute Gasteiger partial charge is 0.318 e. The van der Waals surface area contributed by atoms with Gasteiger partial charge in [-0.1, -0.05) is 29.8 Å². The van der Waals surface area contributed by atoms with Crippen molar-refractivity contribution in [1.29, 1.82) is 0 Å². The normalized spacial score (nSPS) is 17.2. The molecule has 1 aromatic carbocycles. The van der Waals surface area contributed by atoms with Gasteiger partial charge in [-0.05, 0) is 18.9 Å². The van der Waals surface area contributed by atoms with Crippen molar-refractivity contribution < 1.29 is 14.3 Å². The third-order valence-corrected chi connectivity index (χ3v) is 3.69. The first-order valence-corrected chi connectivity index (χ1v) is 7.48. The molecule has 1 saturated heterocycles. The molecule has 1 heterocycles. The molecule has 1 aliphatic heterocycles. The van der Waals surface area contributed by atoms with Gasteiger partial charge in [0.25, 0.3) is 0 Å². The first-order chi connectivity index (χ1) is 10.6. The Balaban J connectivity index is 1.99. The lowest BCUT2D eigenvalue weighted by molar-refractivity contribution is -0.120. The van der Waals surface area contributed by atoms with Gasteiger partial charge in [0.15, 0.2) is 0 Å². The van der Waals surface area contributed by atoms with Crippen molar-refractivity contribution in [3.8, 4) is 0 Å². The second kappa shape index (κ2) is 7.79. The third-order valence-electron chi connectivity index (χ3n) is 3.69. The highest BCUT2D eigenvalue weighted by molar-refractivity contribution is 5.88. The lowest BCUT2D eigenvalue weighted by Gasteiger charge is -2.24. The largest absolute Gasteiger partial charge is 0.383 e. The van der Waals surface area contributed by atoms with Gasteiger partial charge in [0, 0.05) is 26.7 Å². The van der Waals surface area contributed by atoms with E-state index in [1.165, 1.54) is 5.56 Å². The van der Waals surface area contributed by atoms with Crippen molar-refractivity contribution >= 4 is 11.9 Å². The second-order valence-electron chi connectivity index (χ2n) is 5.48. The lowest BCUT2D eigenvalue weighted by atomic mass is 10.1. The fraction of sp³-hybridized carbons (Fsp3) is 0.500. The van der Waals surface area contributed by atoms with E-state index in [0.717, 1.165) is 5.56 Å². The van der Waals surface area contributed by atoms with E-state index < -0.39 is 6.04 Å². The maximum Gasteiger partial charge on any atom is 0.318 e. The molecule has 120 valence electrons. The molecule has 1 atom stereocenters. The van der Waals surface area contributed by atoms with Crippen molar-refractivity contribution in [3.63, 3.8) is 0 Å². The van der Waals surface area contributed by atoms with Crippen LogP contribution in [0.4, 0.5) is 4.79 Å². The number of benzene rings is 1. The first kappa shape index (κ1) is 16.3. The molecule has 2 N–H and O–H groups in total. The zero-order valence-corrected chi connectivity index (χ0v) is 13.1. The summed E-state index contributed by atoms with van der Waals surface area (Å²) in [6.45, 7) is 4.06. The van der Waals surface area contributed by atoms with Crippen LogP contribution in [-0.4, -0.2) is 49.7 Å². The molecule has 0 unspecified atom stereocenters. The Hall–Kier alpha value is -2.08. The maximum atomic E-state index is 12.4. The number of urea groups is 1. The number of rotatable bonds is 6. The number of methoxy groups -OCH3 is 1. The summed E-state index contributed by atoms with van der Waals surface area (Å²) in [5.41, 5.74) is 2.23. The monoisotopic (exact) mass is 305 g/mol. The van der Waals surface area contributed by atoms with Crippen LogP contribution in [0.15, 0.2) is 24.3 Å². The minimum absolute atomic E-state index is 0.115. The van der Waals surface area contributed by atoms with Crippen LogP contribution in [0.25, 0.3) is 0 Å². The highest BCUT2D eigenvalue weighted by atomic mass is 16.5. The zero-order chi connectivity index (χ0) is 15.9. The van der Waals surface area contributed by atoms with Crippen LogP contribution in [-0.2, 0) is 16.1 Å². The molecule has 0 bridgehead atoms. The van der Waals surface area contributed by atoms with Crippen molar-refractivity contribution in [3.05, 3.63) is 35.4 Å². The van der Waals surface area contributed by atoms with Gasteiger partial charge in [-0.2, -0.15) is 0 Å². The quantitative estimate of drug-likeness (QED) is 0.825. The minimum Gasteiger partial charge on any atom is -0.383 e. The Morgan fingerprint density at radius 1 is 1.41 bits per heavy atom. The summed E-state index contributed by atoms with van der Waals surface area (Å²) in [6, 6.07) is 7.38. The number of hydrogen-bond donors (Lipinski definition) is 2. The van der Waals surface area contributed by atoms with E-state index >= 15 is 0 Å². The summed E-state index contributed by atoms with van der Waals surface area (Å²) in [7, 11) is 1.60. The number of aryl methyl sites for hydroxylation is 1. The summed E-state index contributed by atoms with van der Waals surface area (Å²) >= 11 is 0. The number of nitrogens with zero attached hydrogens (tertiary/aromatic N) is 1. The number of nitrogens with one attached hydrogen (secondary N) is 2. The number of ether oxygens (including phenoxy) is 1. The summed E-state index contributed by atoms with van der Waals surface area (Å²) in [5, 5.41) is 5.50. The van der Waals surface area contributed by atoms with E-state index in [4.69, 9.17) is 4.74 Å². The summed E-state index contributed by atoms with van der Waals surface area (Å²) in [5.74, 6) is -0.115. The van der Waals surface area contributed by atoms with Crippen LogP contribution < -0.4 is 10.6 Å². The van der Waals surface area contributed by atoms with E-state index in [2.05, 4.69) is 10.6 Å². The molecule has 1 aromatic rings. The number of carbonyl (C=O) groups is 2. The average Bonchev–Trinajstić information content (AvgIpc) is 2.90. The van der Waals surface area contributed by atoms with E-state index in [9.17, 15) is 9.59 Å². The molecule has 6 nitrogen and oxygen atoms in total. The fourth-order valence-corrected chi connectivity index (χ4v) is 2.34. The molecule has 1 aliphatic rings. The second-order valence-corrected chi connectivity index (χ2v) is 5.48. The summed E-state index contributed by atoms with van der Waals surface area (Å²) in [4.78, 5) is 25.6. The minimum atomic E-state index is -0.435. The van der Waals surface area contributed by atoms with Crippen molar-refractivity contribution in [2.24, 2.45) is 0 Å². The van der Waals surface area contributed by atoms with Crippen LogP contribution in [0.3, 0.4) is 0 Å². The Kier molecular flexibility index (Phi) is 5.77. The number of carbonyl (C=O) groups excluding carboxylic acids is 2. The Morgan fingerprint density at radius 2 is 2.14 bits per heavy atom. The van der Waals surface area contributed by atoms with E-state index in [1.54, 1.807) is 12.0 Å². The molecule has 0 aliphatic carbocycles. The standard InChI is InChI=1S/C16H23N3O3/c1-12-3-5-13(6-4-12)11-19(9-10-22-2)16(21)18-14-7-8-17-15(14)20/h3-6,14H,7-11H2,1-2H3,(H,17,20)(H,18,21)/t14-/m1/s1. The predicted molar refractivity (Wildman–Crippen MR) is 83.4 cm³/mol. The van der Waals surface area contributed by atoms with Gasteiger partial charge in [0.1, 0.15) is 6.04 Å². The SMILES string of the molecule is COCCN(Cc1ccc(C)cc1)C(=O)N[C@@H]1CCNC1=O. The van der Waals surface area contributed by atoms with Crippen LogP contribution in [0.1, 0.15) is 17.5 Å². The number of hydrogen-bond acceptors (Lipinski definition) is 3. The Bertz CT molecular complexity index is 516. The van der Waals surface area contributed by atoms with Crippen LogP contribution >= 0.6 is 0 Å². The van der Waals surface area contributed by atoms with Gasteiger partial charge < -0.3 is 20.3 Å². The molecule has 3 amide bonds. The van der Waals surface area contributed by atoms with E-state index in [1.807, 2.05) is 31.2 Å². The number of amides is 3. The van der Waals surface area contributed by atoms with Gasteiger partial charge in [-0.15, -0.1) is 0 Å². The predicted octanol–water partition coefficient (Wildman–Crippen LogP) is 1.04. The van der Waals surface area contributed by atoms with Gasteiger partial charge in [-0.25, -0.2) is 4.79 Å². The molecule has 0 aromatic heterocycles. The average molecular weight is 305 g/mol. The molecular formula is C16H23N3O3. The van der Waals surface area contributed by atoms with E-state index in [0.29, 0.717) is 32.7 Å². The van der Waals surface area contributed by atoms with E-state index in [-0.39, 0.29) is 11.9 Å². The molecule has 22 heavy (non-hydrogen) atoms. The Morgan fingerprint density at radius 3 is 2.73 bits per heavy atom. The topological polar surface area (TPSA) is 70.7 Å². The molecule has 0 spiro atoms. The van der Waals surface area contributed by atoms with Crippen molar-refractivity contribution in [2.45, 2.75) is 25.9 Å². The van der Waals surface area contributed by atoms with Gasteiger partial charge in [-0.3, -0.25) is 4.79 Å². The van der Waals surface area contributed by atoms with Gasteiger partial charge >= 0.3 is 6.03 Å². The fourth-order valence-electron chi connectivity index (χ4n) is 2.34. The molecule has 2 rings (SSSR count). The maximum absolute atomic E-state index is 12.4. The van der Waals surface area contributed by atoms with Crippen molar-refractivity contribution in [1.82, 2.24) is 15.5 Å². The summed E-state index contributed by atoms with van der Waals surface area (Å²) < 4.78 is 5.07.